The van der Waals surface area contributed by atoms with Crippen LogP contribution < -0.4 is 10.6 Å². The van der Waals surface area contributed by atoms with Crippen molar-refractivity contribution >= 4 is 35.8 Å². The van der Waals surface area contributed by atoms with Crippen LogP contribution in [0.5, 0.6) is 0 Å². The lowest BCUT2D eigenvalue weighted by Crippen LogP contribution is -2.47. The van der Waals surface area contributed by atoms with Crippen molar-refractivity contribution in [1.82, 2.24) is 15.5 Å². The van der Waals surface area contributed by atoms with Crippen molar-refractivity contribution in [1.29, 1.82) is 0 Å². The number of hydrogen-bond acceptors (Lipinski definition) is 4. The summed E-state index contributed by atoms with van der Waals surface area (Å²) >= 11 is 0. The third-order valence-electron chi connectivity index (χ3n) is 6.19. The summed E-state index contributed by atoms with van der Waals surface area (Å²) in [6.07, 6.45) is 11.4. The minimum Gasteiger partial charge on any atom is -0.376 e. The van der Waals surface area contributed by atoms with Crippen LogP contribution in [0.2, 0.25) is 0 Å². The molecule has 0 bridgehead atoms. The molecule has 2 heterocycles. The lowest BCUT2D eigenvalue weighted by atomic mass is 10.1. The fourth-order valence-corrected chi connectivity index (χ4v) is 4.48. The third kappa shape index (κ3) is 8.86. The van der Waals surface area contributed by atoms with Crippen LogP contribution in [0, 0.1) is 0 Å². The number of likely N-dealkylation sites (tertiary alicyclic amines) is 1. The number of nitrogens with zero attached hydrogens (tertiary/aromatic N) is 2. The number of carbonyl (C=O) groups is 1. The van der Waals surface area contributed by atoms with E-state index in [0.29, 0.717) is 25.1 Å². The quantitative estimate of drug-likeness (QED) is 0.284. The second-order valence-corrected chi connectivity index (χ2v) is 8.54. The number of carbonyl (C=O) groups excluding carboxylic acids is 1. The highest BCUT2D eigenvalue weighted by molar-refractivity contribution is 14.0. The fourth-order valence-electron chi connectivity index (χ4n) is 4.48. The van der Waals surface area contributed by atoms with Gasteiger partial charge < -0.3 is 25.0 Å². The first-order valence-corrected chi connectivity index (χ1v) is 11.8. The molecule has 30 heavy (non-hydrogen) atoms. The molecule has 1 saturated carbocycles. The van der Waals surface area contributed by atoms with Gasteiger partial charge in [0.25, 0.3) is 0 Å². The number of hydrogen-bond donors (Lipinski definition) is 2. The van der Waals surface area contributed by atoms with Gasteiger partial charge in [0.1, 0.15) is 0 Å². The molecule has 0 radical (unpaired) electrons. The molecule has 2 N–H and O–H groups in total. The average Bonchev–Trinajstić information content (AvgIpc) is 3.26. The maximum absolute atomic E-state index is 12.1. The Kier molecular flexibility index (Phi) is 12.4. The number of amides is 1. The molecule has 2 aliphatic heterocycles. The summed E-state index contributed by atoms with van der Waals surface area (Å²) < 4.78 is 11.9. The Balaban J connectivity index is 0.00000320. The maximum Gasteiger partial charge on any atom is 0.222 e. The average molecular weight is 536 g/mol. The van der Waals surface area contributed by atoms with Crippen LogP contribution in [0.1, 0.15) is 71.1 Å². The lowest BCUT2D eigenvalue weighted by Gasteiger charge is -2.35. The summed E-state index contributed by atoms with van der Waals surface area (Å²) in [5.74, 6) is 1.06. The minimum absolute atomic E-state index is 0. The molecule has 174 valence electrons. The Hall–Kier alpha value is -0.610. The van der Waals surface area contributed by atoms with E-state index in [1.807, 2.05) is 0 Å². The van der Waals surface area contributed by atoms with E-state index in [1.165, 1.54) is 25.7 Å². The zero-order chi connectivity index (χ0) is 20.3. The van der Waals surface area contributed by atoms with Gasteiger partial charge >= 0.3 is 0 Å². The van der Waals surface area contributed by atoms with Gasteiger partial charge in [-0.1, -0.05) is 12.8 Å². The SMILES string of the molecule is CCNC(=NCCC(=O)NC1CCCC1)N1CCC(OCC2CCCCO2)CC1.I. The van der Waals surface area contributed by atoms with Gasteiger partial charge in [-0.15, -0.1) is 24.0 Å². The zero-order valence-corrected chi connectivity index (χ0v) is 20.9. The summed E-state index contributed by atoms with van der Waals surface area (Å²) in [6, 6.07) is 0.387. The summed E-state index contributed by atoms with van der Waals surface area (Å²) in [4.78, 5) is 19.1. The van der Waals surface area contributed by atoms with Gasteiger partial charge in [0.05, 0.1) is 25.4 Å². The second-order valence-electron chi connectivity index (χ2n) is 8.54. The van der Waals surface area contributed by atoms with Crippen molar-refractivity contribution in [2.45, 2.75) is 89.4 Å². The molecule has 0 spiro atoms. The van der Waals surface area contributed by atoms with E-state index in [9.17, 15) is 4.79 Å². The molecule has 0 aromatic carbocycles. The van der Waals surface area contributed by atoms with E-state index >= 15 is 0 Å². The van der Waals surface area contributed by atoms with E-state index in [4.69, 9.17) is 14.5 Å². The van der Waals surface area contributed by atoms with Crippen LogP contribution in [0.4, 0.5) is 0 Å². The first-order valence-electron chi connectivity index (χ1n) is 11.8. The topological polar surface area (TPSA) is 75.2 Å². The smallest absolute Gasteiger partial charge is 0.222 e. The van der Waals surface area contributed by atoms with Crippen molar-refractivity contribution in [3.8, 4) is 0 Å². The molecule has 1 aliphatic carbocycles. The molecule has 0 aromatic heterocycles. The molecule has 3 aliphatic rings. The summed E-state index contributed by atoms with van der Waals surface area (Å²) in [7, 11) is 0. The Bertz CT molecular complexity index is 515. The number of aliphatic imine (C=N–C) groups is 1. The van der Waals surface area contributed by atoms with Crippen LogP contribution >= 0.6 is 24.0 Å². The molecule has 7 nitrogen and oxygen atoms in total. The molecular formula is C22H41IN4O3. The Labute approximate surface area is 199 Å². The number of halogens is 1. The monoisotopic (exact) mass is 536 g/mol. The van der Waals surface area contributed by atoms with Gasteiger partial charge in [-0.25, -0.2) is 0 Å². The Morgan fingerprint density at radius 1 is 1.10 bits per heavy atom. The van der Waals surface area contributed by atoms with Crippen LogP contribution in [-0.2, 0) is 14.3 Å². The molecule has 0 aromatic rings. The van der Waals surface area contributed by atoms with E-state index in [0.717, 1.165) is 70.9 Å². The van der Waals surface area contributed by atoms with Gasteiger partial charge in [-0.05, 0) is 51.9 Å². The molecule has 2 saturated heterocycles. The molecule has 1 amide bonds. The van der Waals surface area contributed by atoms with Crippen LogP contribution in [-0.4, -0.2) is 74.4 Å². The van der Waals surface area contributed by atoms with E-state index in [-0.39, 0.29) is 36.0 Å². The van der Waals surface area contributed by atoms with Gasteiger partial charge in [0.15, 0.2) is 5.96 Å². The number of rotatable bonds is 8. The first-order chi connectivity index (χ1) is 14.2. The summed E-state index contributed by atoms with van der Waals surface area (Å²) in [5.41, 5.74) is 0. The fraction of sp³-hybridized carbons (Fsp3) is 0.909. The van der Waals surface area contributed by atoms with Crippen molar-refractivity contribution in [3.05, 3.63) is 0 Å². The Morgan fingerprint density at radius 3 is 2.50 bits per heavy atom. The highest BCUT2D eigenvalue weighted by Gasteiger charge is 2.24. The Morgan fingerprint density at radius 2 is 1.83 bits per heavy atom. The first kappa shape index (κ1) is 25.6. The number of ether oxygens (including phenoxy) is 2. The standard InChI is InChI=1S/C22H40N4O3.HI/c1-2-23-22(24-13-10-21(27)25-18-7-3-4-8-18)26-14-11-19(12-15-26)29-17-20-9-5-6-16-28-20;/h18-20H,2-17H2,1H3,(H,23,24)(H,25,27);1H. The van der Waals surface area contributed by atoms with E-state index < -0.39 is 0 Å². The summed E-state index contributed by atoms with van der Waals surface area (Å²) in [5, 5.41) is 6.52. The number of nitrogens with one attached hydrogen (secondary N) is 2. The van der Waals surface area contributed by atoms with Crippen LogP contribution in [0.3, 0.4) is 0 Å². The predicted octanol–water partition coefficient (Wildman–Crippen LogP) is 3.07. The normalized spacial score (nSPS) is 23.8. The molecule has 8 heteroatoms. The maximum atomic E-state index is 12.1. The molecule has 1 atom stereocenters. The molecule has 3 fully saturated rings. The molecule has 3 rings (SSSR count). The highest BCUT2D eigenvalue weighted by Crippen LogP contribution is 2.19. The van der Waals surface area contributed by atoms with Crippen molar-refractivity contribution < 1.29 is 14.3 Å². The second kappa shape index (κ2) is 14.5. The van der Waals surface area contributed by atoms with Crippen molar-refractivity contribution in [2.24, 2.45) is 4.99 Å². The zero-order valence-electron chi connectivity index (χ0n) is 18.6. The lowest BCUT2D eigenvalue weighted by molar-refractivity contribution is -0.121. The van der Waals surface area contributed by atoms with Gasteiger partial charge in [0.2, 0.25) is 5.91 Å². The largest absolute Gasteiger partial charge is 0.376 e. The van der Waals surface area contributed by atoms with Gasteiger partial charge in [-0.3, -0.25) is 9.79 Å². The van der Waals surface area contributed by atoms with Gasteiger partial charge in [0, 0.05) is 38.7 Å². The predicted molar refractivity (Wildman–Crippen MR) is 131 cm³/mol. The van der Waals surface area contributed by atoms with Crippen molar-refractivity contribution in [2.75, 3.05) is 39.4 Å². The van der Waals surface area contributed by atoms with Gasteiger partial charge in [-0.2, -0.15) is 0 Å². The number of piperidine rings is 1. The number of guanidine groups is 1. The van der Waals surface area contributed by atoms with E-state index in [1.54, 1.807) is 0 Å². The minimum atomic E-state index is 0. The van der Waals surface area contributed by atoms with Crippen LogP contribution in [0.15, 0.2) is 4.99 Å². The highest BCUT2D eigenvalue weighted by atomic mass is 127. The third-order valence-corrected chi connectivity index (χ3v) is 6.19. The molecular weight excluding hydrogens is 495 g/mol. The van der Waals surface area contributed by atoms with Crippen molar-refractivity contribution in [3.63, 3.8) is 0 Å². The summed E-state index contributed by atoms with van der Waals surface area (Å²) in [6.45, 7) is 6.95. The van der Waals surface area contributed by atoms with Crippen LogP contribution in [0.25, 0.3) is 0 Å². The molecule has 1 unspecified atom stereocenters. The van der Waals surface area contributed by atoms with E-state index in [2.05, 4.69) is 22.5 Å².